The predicted octanol–water partition coefficient (Wildman–Crippen LogP) is 3.26. The number of ether oxygens (including phenoxy) is 1. The molecule has 2 rings (SSSR count). The molecule has 1 aliphatic rings. The Labute approximate surface area is 126 Å². The van der Waals surface area contributed by atoms with E-state index in [0.717, 1.165) is 30.1 Å². The first kappa shape index (κ1) is 15.8. The largest absolute Gasteiger partial charge is 0.390 e. The summed E-state index contributed by atoms with van der Waals surface area (Å²) >= 11 is 6.25. The molecule has 0 aliphatic carbocycles. The highest BCUT2D eigenvalue weighted by molar-refractivity contribution is 6.31. The third kappa shape index (κ3) is 4.19. The van der Waals surface area contributed by atoms with Crippen molar-refractivity contribution in [1.29, 1.82) is 0 Å². The molecule has 4 heteroatoms. The molecule has 1 heterocycles. The summed E-state index contributed by atoms with van der Waals surface area (Å²) in [5.74, 6) is 0. The Morgan fingerprint density at radius 3 is 2.75 bits per heavy atom. The van der Waals surface area contributed by atoms with E-state index in [1.54, 1.807) is 0 Å². The highest BCUT2D eigenvalue weighted by Gasteiger charge is 2.29. The standard InChI is InChI=1S/C16H24ClNO2/c1-12-11-20-15(13-6-4-5-7-14(13)17)10-18(12)9-8-16(2,3)19/h4-7,12,15,19H,8-11H2,1-3H3/t12-,15+/m1/s1. The van der Waals surface area contributed by atoms with Gasteiger partial charge in [0.2, 0.25) is 0 Å². The van der Waals surface area contributed by atoms with Crippen LogP contribution < -0.4 is 0 Å². The van der Waals surface area contributed by atoms with Crippen LogP contribution in [0.3, 0.4) is 0 Å². The molecule has 0 bridgehead atoms. The zero-order valence-corrected chi connectivity index (χ0v) is 13.2. The van der Waals surface area contributed by atoms with Crippen LogP contribution in [-0.2, 0) is 4.74 Å². The average molecular weight is 298 g/mol. The second-order valence-electron chi connectivity index (χ2n) is 6.25. The Hall–Kier alpha value is -0.610. The number of aliphatic hydroxyl groups is 1. The van der Waals surface area contributed by atoms with Crippen molar-refractivity contribution < 1.29 is 9.84 Å². The molecule has 1 N–H and O–H groups in total. The maximum Gasteiger partial charge on any atom is 0.0967 e. The van der Waals surface area contributed by atoms with Gasteiger partial charge in [0.15, 0.2) is 0 Å². The number of hydrogen-bond donors (Lipinski definition) is 1. The van der Waals surface area contributed by atoms with Gasteiger partial charge in [-0.15, -0.1) is 0 Å². The van der Waals surface area contributed by atoms with Crippen LogP contribution in [0.1, 0.15) is 38.9 Å². The van der Waals surface area contributed by atoms with Crippen molar-refractivity contribution >= 4 is 11.6 Å². The Kier molecular flexibility index (Phi) is 5.08. The topological polar surface area (TPSA) is 32.7 Å². The lowest BCUT2D eigenvalue weighted by Gasteiger charge is -2.39. The first-order chi connectivity index (χ1) is 9.37. The fourth-order valence-electron chi connectivity index (χ4n) is 2.46. The number of hydrogen-bond acceptors (Lipinski definition) is 3. The van der Waals surface area contributed by atoms with Gasteiger partial charge in [0, 0.05) is 29.7 Å². The summed E-state index contributed by atoms with van der Waals surface area (Å²) in [5, 5.41) is 10.6. The van der Waals surface area contributed by atoms with Gasteiger partial charge in [-0.3, -0.25) is 4.90 Å². The van der Waals surface area contributed by atoms with Gasteiger partial charge in [0.1, 0.15) is 0 Å². The van der Waals surface area contributed by atoms with Crippen LogP contribution in [-0.4, -0.2) is 41.3 Å². The van der Waals surface area contributed by atoms with Crippen LogP contribution in [0.4, 0.5) is 0 Å². The molecule has 0 saturated carbocycles. The molecule has 1 fully saturated rings. The summed E-state index contributed by atoms with van der Waals surface area (Å²) in [4.78, 5) is 2.37. The van der Waals surface area contributed by atoms with E-state index < -0.39 is 5.60 Å². The SMILES string of the molecule is C[C@@H]1CO[C@H](c2ccccc2Cl)CN1CCC(C)(C)O. The minimum atomic E-state index is -0.627. The lowest BCUT2D eigenvalue weighted by atomic mass is 10.0. The van der Waals surface area contributed by atoms with Crippen molar-refractivity contribution in [3.63, 3.8) is 0 Å². The highest BCUT2D eigenvalue weighted by Crippen LogP contribution is 2.30. The smallest absolute Gasteiger partial charge is 0.0967 e. The van der Waals surface area contributed by atoms with E-state index in [1.807, 2.05) is 38.1 Å². The summed E-state index contributed by atoms with van der Waals surface area (Å²) in [7, 11) is 0. The van der Waals surface area contributed by atoms with E-state index in [2.05, 4.69) is 11.8 Å². The molecule has 0 spiro atoms. The van der Waals surface area contributed by atoms with Gasteiger partial charge in [-0.25, -0.2) is 0 Å². The van der Waals surface area contributed by atoms with Crippen LogP contribution in [0.2, 0.25) is 5.02 Å². The van der Waals surface area contributed by atoms with Gasteiger partial charge < -0.3 is 9.84 Å². The summed E-state index contributed by atoms with van der Waals surface area (Å²) < 4.78 is 5.93. The van der Waals surface area contributed by atoms with E-state index >= 15 is 0 Å². The Morgan fingerprint density at radius 1 is 1.40 bits per heavy atom. The van der Waals surface area contributed by atoms with Crippen LogP contribution >= 0.6 is 11.6 Å². The van der Waals surface area contributed by atoms with Crippen molar-refractivity contribution in [2.75, 3.05) is 19.7 Å². The molecule has 0 radical (unpaired) electrons. The molecule has 1 aromatic rings. The zero-order chi connectivity index (χ0) is 14.8. The molecule has 1 aliphatic heterocycles. The molecule has 3 nitrogen and oxygen atoms in total. The van der Waals surface area contributed by atoms with Crippen molar-refractivity contribution in [2.45, 2.75) is 44.9 Å². The molecule has 0 unspecified atom stereocenters. The summed E-state index contributed by atoms with van der Waals surface area (Å²) in [6.45, 7) is 8.25. The Bertz CT molecular complexity index is 444. The molecular formula is C16H24ClNO2. The maximum atomic E-state index is 9.88. The van der Waals surface area contributed by atoms with Gasteiger partial charge in [-0.05, 0) is 33.3 Å². The molecular weight excluding hydrogens is 274 g/mol. The minimum absolute atomic E-state index is 0.0155. The van der Waals surface area contributed by atoms with Crippen LogP contribution in [0, 0.1) is 0 Å². The molecule has 2 atom stereocenters. The molecule has 0 aromatic heterocycles. The number of nitrogens with zero attached hydrogens (tertiary/aromatic N) is 1. The fourth-order valence-corrected chi connectivity index (χ4v) is 2.72. The molecule has 20 heavy (non-hydrogen) atoms. The normalized spacial score (nSPS) is 24.9. The van der Waals surface area contributed by atoms with E-state index in [4.69, 9.17) is 16.3 Å². The summed E-state index contributed by atoms with van der Waals surface area (Å²) in [6, 6.07) is 8.22. The van der Waals surface area contributed by atoms with E-state index in [-0.39, 0.29) is 6.10 Å². The second kappa shape index (κ2) is 6.44. The third-order valence-electron chi connectivity index (χ3n) is 3.83. The van der Waals surface area contributed by atoms with Crippen LogP contribution in [0.5, 0.6) is 0 Å². The second-order valence-corrected chi connectivity index (χ2v) is 6.66. The van der Waals surface area contributed by atoms with E-state index in [9.17, 15) is 5.11 Å². The number of benzene rings is 1. The maximum absolute atomic E-state index is 9.88. The summed E-state index contributed by atoms with van der Waals surface area (Å²) in [5.41, 5.74) is 0.423. The van der Waals surface area contributed by atoms with Gasteiger partial charge in [-0.1, -0.05) is 29.8 Å². The van der Waals surface area contributed by atoms with Gasteiger partial charge in [-0.2, -0.15) is 0 Å². The first-order valence-electron chi connectivity index (χ1n) is 7.19. The fraction of sp³-hybridized carbons (Fsp3) is 0.625. The lowest BCUT2D eigenvalue weighted by molar-refractivity contribution is -0.0666. The van der Waals surface area contributed by atoms with Crippen molar-refractivity contribution in [1.82, 2.24) is 4.90 Å². The molecule has 112 valence electrons. The highest BCUT2D eigenvalue weighted by atomic mass is 35.5. The average Bonchev–Trinajstić information content (AvgIpc) is 2.38. The minimum Gasteiger partial charge on any atom is -0.390 e. The Morgan fingerprint density at radius 2 is 2.10 bits per heavy atom. The van der Waals surface area contributed by atoms with Crippen molar-refractivity contribution in [2.24, 2.45) is 0 Å². The monoisotopic (exact) mass is 297 g/mol. The first-order valence-corrected chi connectivity index (χ1v) is 7.57. The van der Waals surface area contributed by atoms with Gasteiger partial charge in [0.25, 0.3) is 0 Å². The molecule has 1 saturated heterocycles. The number of morpholine rings is 1. The van der Waals surface area contributed by atoms with Crippen molar-refractivity contribution in [3.05, 3.63) is 34.9 Å². The zero-order valence-electron chi connectivity index (χ0n) is 12.5. The van der Waals surface area contributed by atoms with E-state index in [1.165, 1.54) is 0 Å². The lowest BCUT2D eigenvalue weighted by Crippen LogP contribution is -2.46. The molecule has 0 amide bonds. The molecule has 1 aromatic carbocycles. The van der Waals surface area contributed by atoms with Crippen molar-refractivity contribution in [3.8, 4) is 0 Å². The van der Waals surface area contributed by atoms with Crippen LogP contribution in [0.15, 0.2) is 24.3 Å². The Balaban J connectivity index is 2.03. The van der Waals surface area contributed by atoms with Crippen LogP contribution in [0.25, 0.3) is 0 Å². The van der Waals surface area contributed by atoms with Gasteiger partial charge in [0.05, 0.1) is 18.3 Å². The van der Waals surface area contributed by atoms with Gasteiger partial charge >= 0.3 is 0 Å². The van der Waals surface area contributed by atoms with E-state index in [0.29, 0.717) is 12.6 Å². The number of rotatable bonds is 4. The number of halogens is 1. The summed E-state index contributed by atoms with van der Waals surface area (Å²) in [6.07, 6.45) is 0.772. The third-order valence-corrected chi connectivity index (χ3v) is 4.17. The quantitative estimate of drug-likeness (QED) is 0.926. The predicted molar refractivity (Wildman–Crippen MR) is 82.1 cm³/mol.